The van der Waals surface area contributed by atoms with Crippen molar-refractivity contribution in [2.24, 2.45) is 0 Å². The maximum atomic E-state index is 13.0. The van der Waals surface area contributed by atoms with Crippen molar-refractivity contribution >= 4 is 11.9 Å². The van der Waals surface area contributed by atoms with Gasteiger partial charge in [0.2, 0.25) is 5.91 Å². The number of carbonyl (C=O) groups is 2. The second-order valence-corrected chi connectivity index (χ2v) is 6.41. The molecular formula is C20H21NO4. The van der Waals surface area contributed by atoms with Crippen molar-refractivity contribution in [3.05, 3.63) is 64.7 Å². The van der Waals surface area contributed by atoms with Gasteiger partial charge in [0.1, 0.15) is 24.8 Å². The van der Waals surface area contributed by atoms with Crippen LogP contribution in [0.25, 0.3) is 0 Å². The lowest BCUT2D eigenvalue weighted by atomic mass is 9.95. The van der Waals surface area contributed by atoms with E-state index in [4.69, 9.17) is 4.74 Å². The first-order chi connectivity index (χ1) is 12.0. The van der Waals surface area contributed by atoms with Gasteiger partial charge in [-0.25, -0.2) is 0 Å². The average molecular weight is 339 g/mol. The monoisotopic (exact) mass is 339 g/mol. The largest absolute Gasteiger partial charge is 0.492 e. The number of benzene rings is 2. The number of amides is 1. The molecule has 1 aliphatic rings. The zero-order valence-corrected chi connectivity index (χ0v) is 14.4. The van der Waals surface area contributed by atoms with E-state index in [0.717, 1.165) is 28.0 Å². The minimum atomic E-state index is -1.02. The van der Waals surface area contributed by atoms with Gasteiger partial charge in [-0.2, -0.15) is 0 Å². The molecule has 1 heterocycles. The number of hydrogen-bond acceptors (Lipinski definition) is 3. The van der Waals surface area contributed by atoms with Gasteiger partial charge in [-0.15, -0.1) is 0 Å². The van der Waals surface area contributed by atoms with Gasteiger partial charge in [0.05, 0.1) is 0 Å². The van der Waals surface area contributed by atoms with Crippen LogP contribution in [0.3, 0.4) is 0 Å². The van der Waals surface area contributed by atoms with Crippen LogP contribution in [-0.4, -0.2) is 35.0 Å². The molecular weight excluding hydrogens is 318 g/mol. The van der Waals surface area contributed by atoms with Gasteiger partial charge >= 0.3 is 5.97 Å². The first-order valence-electron chi connectivity index (χ1n) is 8.24. The second kappa shape index (κ2) is 6.97. The minimum absolute atomic E-state index is 0.215. The van der Waals surface area contributed by atoms with Crippen LogP contribution in [0.2, 0.25) is 0 Å². The van der Waals surface area contributed by atoms with Crippen LogP contribution in [-0.2, 0) is 16.1 Å². The summed E-state index contributed by atoms with van der Waals surface area (Å²) in [6, 6.07) is 13.3. The lowest BCUT2D eigenvalue weighted by Crippen LogP contribution is -2.38. The van der Waals surface area contributed by atoms with Crippen LogP contribution in [0.15, 0.2) is 42.5 Å². The molecule has 1 N–H and O–H groups in total. The Labute approximate surface area is 146 Å². The third-order valence-corrected chi connectivity index (χ3v) is 4.56. The fourth-order valence-electron chi connectivity index (χ4n) is 3.08. The predicted octanol–water partition coefficient (Wildman–Crippen LogP) is 2.89. The van der Waals surface area contributed by atoms with E-state index in [1.807, 2.05) is 56.3 Å². The van der Waals surface area contributed by atoms with Gasteiger partial charge in [-0.3, -0.25) is 9.59 Å². The van der Waals surface area contributed by atoms with Gasteiger partial charge in [0.15, 0.2) is 0 Å². The third-order valence-electron chi connectivity index (χ3n) is 4.56. The molecule has 1 atom stereocenters. The van der Waals surface area contributed by atoms with E-state index >= 15 is 0 Å². The first kappa shape index (κ1) is 17.0. The summed E-state index contributed by atoms with van der Waals surface area (Å²) in [7, 11) is 0. The number of hydrogen-bond donors (Lipinski definition) is 1. The van der Waals surface area contributed by atoms with E-state index in [9.17, 15) is 14.7 Å². The number of rotatable bonds is 5. The van der Waals surface area contributed by atoms with Crippen LogP contribution in [0.1, 0.15) is 28.2 Å². The minimum Gasteiger partial charge on any atom is -0.492 e. The Balaban J connectivity index is 1.86. The Morgan fingerprint density at radius 3 is 2.52 bits per heavy atom. The van der Waals surface area contributed by atoms with Crippen LogP contribution in [0.5, 0.6) is 5.75 Å². The Morgan fingerprint density at radius 1 is 1.16 bits per heavy atom. The molecule has 0 saturated carbocycles. The van der Waals surface area contributed by atoms with E-state index < -0.39 is 11.9 Å². The number of ether oxygens (including phenoxy) is 1. The maximum Gasteiger partial charge on any atom is 0.323 e. The highest BCUT2D eigenvalue weighted by Crippen LogP contribution is 2.37. The van der Waals surface area contributed by atoms with Crippen molar-refractivity contribution in [3.63, 3.8) is 0 Å². The number of aryl methyl sites for hydroxylation is 2. The molecule has 1 amide bonds. The summed E-state index contributed by atoms with van der Waals surface area (Å²) in [6.45, 7) is 4.18. The molecule has 5 heteroatoms. The second-order valence-electron chi connectivity index (χ2n) is 6.41. The number of fused-ring (bicyclic) bond motifs is 1. The fraction of sp³-hybridized carbons (Fsp3) is 0.300. The molecule has 25 heavy (non-hydrogen) atoms. The molecule has 3 rings (SSSR count). The molecule has 0 aliphatic carbocycles. The summed E-state index contributed by atoms with van der Waals surface area (Å²) < 4.78 is 5.68. The van der Waals surface area contributed by atoms with Crippen LogP contribution >= 0.6 is 0 Å². The number of carboxylic acid groups (broad SMARTS) is 1. The van der Waals surface area contributed by atoms with Gasteiger partial charge < -0.3 is 14.7 Å². The molecule has 0 fully saturated rings. The summed E-state index contributed by atoms with van der Waals surface area (Å²) in [5.74, 6) is -0.981. The average Bonchev–Trinajstić information content (AvgIpc) is 2.97. The van der Waals surface area contributed by atoms with E-state index in [1.165, 1.54) is 4.90 Å². The van der Waals surface area contributed by atoms with Crippen LogP contribution in [0, 0.1) is 13.8 Å². The zero-order chi connectivity index (χ0) is 18.0. The smallest absolute Gasteiger partial charge is 0.323 e. The molecule has 130 valence electrons. The number of carboxylic acids is 1. The predicted molar refractivity (Wildman–Crippen MR) is 93.6 cm³/mol. The number of carbonyl (C=O) groups excluding carboxylic acids is 1. The SMILES string of the molecule is Cc1cc2c(cc1C)C(C(=O)N(CC(=O)O)Cc1ccccc1)CO2. The molecule has 1 aliphatic heterocycles. The molecule has 5 nitrogen and oxygen atoms in total. The molecule has 0 saturated heterocycles. The summed E-state index contributed by atoms with van der Waals surface area (Å²) >= 11 is 0. The Morgan fingerprint density at radius 2 is 1.84 bits per heavy atom. The van der Waals surface area contributed by atoms with Crippen molar-refractivity contribution < 1.29 is 19.4 Å². The lowest BCUT2D eigenvalue weighted by molar-refractivity contribution is -0.145. The Bertz CT molecular complexity index is 801. The van der Waals surface area contributed by atoms with Gasteiger partial charge in [-0.05, 0) is 36.6 Å². The van der Waals surface area contributed by atoms with E-state index in [0.29, 0.717) is 0 Å². The topological polar surface area (TPSA) is 66.8 Å². The highest BCUT2D eigenvalue weighted by atomic mass is 16.5. The van der Waals surface area contributed by atoms with Crippen molar-refractivity contribution in [1.29, 1.82) is 0 Å². The van der Waals surface area contributed by atoms with E-state index in [1.54, 1.807) is 0 Å². The summed E-state index contributed by atoms with van der Waals surface area (Å²) in [5, 5.41) is 9.20. The summed E-state index contributed by atoms with van der Waals surface area (Å²) in [4.78, 5) is 25.7. The Kier molecular flexibility index (Phi) is 4.74. The molecule has 2 aromatic carbocycles. The zero-order valence-electron chi connectivity index (χ0n) is 14.4. The van der Waals surface area contributed by atoms with Crippen molar-refractivity contribution in [1.82, 2.24) is 4.90 Å². The van der Waals surface area contributed by atoms with Crippen LogP contribution in [0.4, 0.5) is 0 Å². The van der Waals surface area contributed by atoms with Crippen molar-refractivity contribution in [2.75, 3.05) is 13.2 Å². The van der Waals surface area contributed by atoms with Crippen LogP contribution < -0.4 is 4.74 Å². The summed E-state index contributed by atoms with van der Waals surface area (Å²) in [6.07, 6.45) is 0. The highest BCUT2D eigenvalue weighted by Gasteiger charge is 2.34. The molecule has 0 spiro atoms. The third kappa shape index (κ3) is 3.65. The van der Waals surface area contributed by atoms with Gasteiger partial charge in [-0.1, -0.05) is 36.4 Å². The highest BCUT2D eigenvalue weighted by molar-refractivity contribution is 5.88. The molecule has 1 unspecified atom stereocenters. The fourth-order valence-corrected chi connectivity index (χ4v) is 3.08. The Hall–Kier alpha value is -2.82. The lowest BCUT2D eigenvalue weighted by Gasteiger charge is -2.24. The summed E-state index contributed by atoms with van der Waals surface area (Å²) in [5.41, 5.74) is 3.95. The normalized spacial score (nSPS) is 15.4. The maximum absolute atomic E-state index is 13.0. The van der Waals surface area contributed by atoms with Crippen molar-refractivity contribution in [3.8, 4) is 5.75 Å². The van der Waals surface area contributed by atoms with Gasteiger partial charge in [0.25, 0.3) is 0 Å². The van der Waals surface area contributed by atoms with E-state index in [-0.39, 0.29) is 25.6 Å². The van der Waals surface area contributed by atoms with Gasteiger partial charge in [0, 0.05) is 12.1 Å². The first-order valence-corrected chi connectivity index (χ1v) is 8.24. The molecule has 0 aromatic heterocycles. The van der Waals surface area contributed by atoms with E-state index in [2.05, 4.69) is 0 Å². The number of aliphatic carboxylic acids is 1. The van der Waals surface area contributed by atoms with Crippen molar-refractivity contribution in [2.45, 2.75) is 26.3 Å². The quantitative estimate of drug-likeness (QED) is 0.909. The molecule has 2 aromatic rings. The standard InChI is InChI=1S/C20H21NO4/c1-13-8-16-17(12-25-18(16)9-14(13)2)20(24)21(11-19(22)23)10-15-6-4-3-5-7-15/h3-9,17H,10-12H2,1-2H3,(H,22,23). The molecule has 0 bridgehead atoms. The molecule has 0 radical (unpaired) electrons. The number of nitrogens with zero attached hydrogens (tertiary/aromatic N) is 1.